The van der Waals surface area contributed by atoms with Gasteiger partial charge in [0.05, 0.1) is 22.1 Å². The standard InChI is InChI=1S/C26H24ClN3O3/c27-22-14-19(33-18-4-2-1-3-5-18)10-11-20(22)25(32)21-15-29-26-24(21)23(12-13-28-26)30-16-6-8-17(31)9-7-16/h1-5,10-17,31H,6-9H2,(H2,28,29,30). The smallest absolute Gasteiger partial charge is 0.196 e. The maximum Gasteiger partial charge on any atom is 0.196 e. The van der Waals surface area contributed by atoms with Gasteiger partial charge >= 0.3 is 0 Å². The summed E-state index contributed by atoms with van der Waals surface area (Å²) in [5.41, 5.74) is 2.40. The molecular formula is C26H24ClN3O3. The summed E-state index contributed by atoms with van der Waals surface area (Å²) in [6, 6.07) is 16.6. The first-order valence-corrected chi connectivity index (χ1v) is 11.4. The predicted molar refractivity (Wildman–Crippen MR) is 129 cm³/mol. The van der Waals surface area contributed by atoms with Gasteiger partial charge in [-0.2, -0.15) is 0 Å². The number of nitrogens with one attached hydrogen (secondary N) is 2. The Labute approximate surface area is 196 Å². The zero-order valence-corrected chi connectivity index (χ0v) is 18.7. The number of carbonyl (C=O) groups is 1. The van der Waals surface area contributed by atoms with E-state index in [9.17, 15) is 9.90 Å². The van der Waals surface area contributed by atoms with E-state index in [2.05, 4.69) is 15.3 Å². The molecule has 3 N–H and O–H groups in total. The Bertz CT molecular complexity index is 1280. The minimum Gasteiger partial charge on any atom is -0.457 e. The molecule has 0 saturated heterocycles. The highest BCUT2D eigenvalue weighted by molar-refractivity contribution is 6.35. The van der Waals surface area contributed by atoms with Crippen molar-refractivity contribution in [2.75, 3.05) is 5.32 Å². The Morgan fingerprint density at radius 1 is 1.03 bits per heavy atom. The van der Waals surface area contributed by atoms with Crippen LogP contribution in [0.4, 0.5) is 5.69 Å². The Morgan fingerprint density at radius 2 is 1.82 bits per heavy atom. The SMILES string of the molecule is O=C(c1ccc(Oc2ccccc2)cc1Cl)c1c[nH]c2nccc(NC3CCC(O)CC3)c12. The van der Waals surface area contributed by atoms with E-state index in [4.69, 9.17) is 16.3 Å². The number of rotatable bonds is 6. The van der Waals surface area contributed by atoms with E-state index in [1.54, 1.807) is 30.6 Å². The number of aromatic nitrogens is 2. The fraction of sp³-hybridized carbons (Fsp3) is 0.231. The van der Waals surface area contributed by atoms with Gasteiger partial charge in [0.15, 0.2) is 5.78 Å². The molecular weight excluding hydrogens is 438 g/mol. The number of aromatic amines is 1. The van der Waals surface area contributed by atoms with Gasteiger partial charge in [0.2, 0.25) is 0 Å². The van der Waals surface area contributed by atoms with Gasteiger partial charge in [-0.15, -0.1) is 0 Å². The quantitative estimate of drug-likeness (QED) is 0.308. The molecule has 2 aromatic heterocycles. The van der Waals surface area contributed by atoms with Crippen molar-refractivity contribution < 1.29 is 14.6 Å². The van der Waals surface area contributed by atoms with Crippen LogP contribution in [0.25, 0.3) is 11.0 Å². The second-order valence-electron chi connectivity index (χ2n) is 8.32. The Kier molecular flexibility index (Phi) is 6.03. The highest BCUT2D eigenvalue weighted by Crippen LogP contribution is 2.33. The molecule has 0 aliphatic heterocycles. The second kappa shape index (κ2) is 9.25. The van der Waals surface area contributed by atoms with Gasteiger partial charge in [0.1, 0.15) is 17.1 Å². The number of halogens is 1. The topological polar surface area (TPSA) is 87.2 Å². The van der Waals surface area contributed by atoms with E-state index in [0.29, 0.717) is 33.3 Å². The zero-order chi connectivity index (χ0) is 22.8. The number of ether oxygens (including phenoxy) is 1. The number of H-pyrrole nitrogens is 1. The largest absolute Gasteiger partial charge is 0.457 e. The number of hydrogen-bond donors (Lipinski definition) is 3. The van der Waals surface area contributed by atoms with E-state index in [1.807, 2.05) is 36.4 Å². The molecule has 0 spiro atoms. The van der Waals surface area contributed by atoms with Crippen molar-refractivity contribution in [1.29, 1.82) is 0 Å². The summed E-state index contributed by atoms with van der Waals surface area (Å²) in [5.74, 6) is 1.07. The van der Waals surface area contributed by atoms with Gasteiger partial charge in [-0.25, -0.2) is 4.98 Å². The third kappa shape index (κ3) is 4.58. The fourth-order valence-electron chi connectivity index (χ4n) is 4.31. The molecule has 0 amide bonds. The lowest BCUT2D eigenvalue weighted by Gasteiger charge is -2.27. The van der Waals surface area contributed by atoms with Crippen LogP contribution >= 0.6 is 11.6 Å². The normalized spacial score (nSPS) is 18.2. The molecule has 0 bridgehead atoms. The molecule has 0 radical (unpaired) electrons. The summed E-state index contributed by atoms with van der Waals surface area (Å²) in [6.07, 6.45) is 6.49. The highest BCUT2D eigenvalue weighted by atomic mass is 35.5. The number of fused-ring (bicyclic) bond motifs is 1. The molecule has 5 rings (SSSR count). The van der Waals surface area contributed by atoms with Crippen LogP contribution in [-0.2, 0) is 0 Å². The lowest BCUT2D eigenvalue weighted by Crippen LogP contribution is -2.28. The van der Waals surface area contributed by atoms with E-state index < -0.39 is 0 Å². The maximum atomic E-state index is 13.5. The Balaban J connectivity index is 1.42. The molecule has 7 heteroatoms. The summed E-state index contributed by atoms with van der Waals surface area (Å²) in [4.78, 5) is 21.0. The van der Waals surface area contributed by atoms with Crippen molar-refractivity contribution in [2.45, 2.75) is 37.8 Å². The molecule has 168 valence electrons. The lowest BCUT2D eigenvalue weighted by atomic mass is 9.92. The van der Waals surface area contributed by atoms with E-state index in [-0.39, 0.29) is 17.9 Å². The van der Waals surface area contributed by atoms with Crippen LogP contribution in [0.2, 0.25) is 5.02 Å². The average molecular weight is 462 g/mol. The molecule has 1 aliphatic rings. The van der Waals surface area contributed by atoms with E-state index >= 15 is 0 Å². The number of pyridine rings is 1. The van der Waals surface area contributed by atoms with Crippen LogP contribution < -0.4 is 10.1 Å². The molecule has 1 saturated carbocycles. The summed E-state index contributed by atoms with van der Waals surface area (Å²) in [6.45, 7) is 0. The first-order valence-electron chi connectivity index (χ1n) is 11.1. The summed E-state index contributed by atoms with van der Waals surface area (Å²) < 4.78 is 5.83. The number of carbonyl (C=O) groups excluding carboxylic acids is 1. The van der Waals surface area contributed by atoms with Crippen LogP contribution in [-0.4, -0.2) is 33.0 Å². The second-order valence-corrected chi connectivity index (χ2v) is 8.73. The number of ketones is 1. The van der Waals surface area contributed by atoms with Crippen LogP contribution in [0.1, 0.15) is 41.6 Å². The number of anilines is 1. The average Bonchev–Trinajstić information content (AvgIpc) is 3.26. The molecule has 0 atom stereocenters. The molecule has 6 nitrogen and oxygen atoms in total. The van der Waals surface area contributed by atoms with Gasteiger partial charge in [-0.05, 0) is 56.0 Å². The van der Waals surface area contributed by atoms with Crippen molar-refractivity contribution >= 4 is 34.1 Å². The minimum atomic E-state index is -0.221. The first-order chi connectivity index (χ1) is 16.1. The Morgan fingerprint density at radius 3 is 2.58 bits per heavy atom. The highest BCUT2D eigenvalue weighted by Gasteiger charge is 2.23. The molecule has 1 fully saturated rings. The van der Waals surface area contributed by atoms with Crippen molar-refractivity contribution in [1.82, 2.24) is 9.97 Å². The molecule has 2 aromatic carbocycles. The molecule has 4 aromatic rings. The van der Waals surface area contributed by atoms with Gasteiger partial charge < -0.3 is 20.1 Å². The first kappa shape index (κ1) is 21.5. The van der Waals surface area contributed by atoms with Crippen LogP contribution in [0.5, 0.6) is 11.5 Å². The number of nitrogens with zero attached hydrogens (tertiary/aromatic N) is 1. The van der Waals surface area contributed by atoms with Crippen molar-refractivity contribution in [3.05, 3.63) is 83.1 Å². The van der Waals surface area contributed by atoms with Crippen molar-refractivity contribution in [3.63, 3.8) is 0 Å². The number of aliphatic hydroxyl groups excluding tert-OH is 1. The summed E-state index contributed by atoms with van der Waals surface area (Å²) in [7, 11) is 0. The van der Waals surface area contributed by atoms with Gasteiger partial charge in [0.25, 0.3) is 0 Å². The lowest BCUT2D eigenvalue weighted by molar-refractivity contribution is 0.104. The van der Waals surface area contributed by atoms with Crippen LogP contribution in [0.3, 0.4) is 0 Å². The van der Waals surface area contributed by atoms with E-state index in [0.717, 1.165) is 36.8 Å². The Hall–Kier alpha value is -3.35. The predicted octanol–water partition coefficient (Wildman–Crippen LogP) is 5.96. The molecule has 0 unspecified atom stereocenters. The third-order valence-corrected chi connectivity index (χ3v) is 6.35. The van der Waals surface area contributed by atoms with Gasteiger partial charge in [-0.1, -0.05) is 29.8 Å². The maximum absolute atomic E-state index is 13.5. The third-order valence-electron chi connectivity index (χ3n) is 6.04. The van der Waals surface area contributed by atoms with Crippen LogP contribution in [0.15, 0.2) is 67.0 Å². The molecule has 1 aliphatic carbocycles. The summed E-state index contributed by atoms with van der Waals surface area (Å²) >= 11 is 6.50. The number of benzene rings is 2. The van der Waals surface area contributed by atoms with Gasteiger partial charge in [0, 0.05) is 35.8 Å². The van der Waals surface area contributed by atoms with Crippen molar-refractivity contribution in [3.8, 4) is 11.5 Å². The molecule has 33 heavy (non-hydrogen) atoms. The zero-order valence-electron chi connectivity index (χ0n) is 17.9. The number of para-hydroxylation sites is 1. The number of hydrogen-bond acceptors (Lipinski definition) is 5. The van der Waals surface area contributed by atoms with Gasteiger partial charge in [-0.3, -0.25) is 4.79 Å². The van der Waals surface area contributed by atoms with Crippen molar-refractivity contribution in [2.24, 2.45) is 0 Å². The fourth-order valence-corrected chi connectivity index (χ4v) is 4.57. The number of aliphatic hydroxyl groups is 1. The van der Waals surface area contributed by atoms with Crippen LogP contribution in [0, 0.1) is 0 Å². The van der Waals surface area contributed by atoms with E-state index in [1.165, 1.54) is 0 Å². The minimum absolute atomic E-state index is 0.187. The monoisotopic (exact) mass is 461 g/mol. The summed E-state index contributed by atoms with van der Waals surface area (Å²) in [5, 5.41) is 14.4. The molecule has 2 heterocycles.